The molecule has 0 aliphatic rings. The number of aliphatic hydroxyl groups excluding tert-OH is 1. The van der Waals surface area contributed by atoms with Crippen LogP contribution in [0.5, 0.6) is 0 Å². The zero-order valence-electron chi connectivity index (χ0n) is 10.7. The Morgan fingerprint density at radius 3 is 2.61 bits per heavy atom. The molecular formula is C12H20N2O3S. The monoisotopic (exact) mass is 272 g/mol. The first-order valence-corrected chi connectivity index (χ1v) is 7.44. The van der Waals surface area contributed by atoms with Gasteiger partial charge in [0.05, 0.1) is 11.8 Å². The van der Waals surface area contributed by atoms with Gasteiger partial charge in [-0.2, -0.15) is 0 Å². The van der Waals surface area contributed by atoms with E-state index < -0.39 is 16.1 Å². The minimum atomic E-state index is -3.48. The molecule has 0 saturated carbocycles. The summed E-state index contributed by atoms with van der Waals surface area (Å²) in [6.45, 7) is 2.33. The van der Waals surface area contributed by atoms with E-state index in [1.54, 1.807) is 18.2 Å². The summed E-state index contributed by atoms with van der Waals surface area (Å²) in [5.74, 6) is 0. The van der Waals surface area contributed by atoms with Gasteiger partial charge in [0.15, 0.2) is 0 Å². The highest BCUT2D eigenvalue weighted by molar-refractivity contribution is 7.89. The molecule has 1 aromatic rings. The summed E-state index contributed by atoms with van der Waals surface area (Å²) in [6, 6.07) is 6.63. The van der Waals surface area contributed by atoms with Gasteiger partial charge in [0.1, 0.15) is 4.90 Å². The van der Waals surface area contributed by atoms with Crippen LogP contribution in [-0.4, -0.2) is 33.2 Å². The smallest absolute Gasteiger partial charge is 0.242 e. The number of sulfonamides is 1. The molecule has 1 rings (SSSR count). The minimum absolute atomic E-state index is 0.191. The lowest BCUT2D eigenvalue weighted by atomic mass is 10.2. The van der Waals surface area contributed by atoms with Crippen LogP contribution >= 0.6 is 0 Å². The standard InChI is InChI=1S/C12H20N2O3S/c1-3-6-10(15)9-14-11-7-4-5-8-12(11)18(16,17)13-2/h4-5,7-8,10,13-15H,3,6,9H2,1-2H3. The van der Waals surface area contributed by atoms with E-state index in [2.05, 4.69) is 10.0 Å². The first-order valence-electron chi connectivity index (χ1n) is 5.95. The topological polar surface area (TPSA) is 78.4 Å². The maximum Gasteiger partial charge on any atom is 0.242 e. The fraction of sp³-hybridized carbons (Fsp3) is 0.500. The summed E-state index contributed by atoms with van der Waals surface area (Å²) in [5.41, 5.74) is 0.502. The predicted octanol–water partition coefficient (Wildman–Crippen LogP) is 1.17. The Bertz CT molecular complexity index is 474. The maximum atomic E-state index is 11.8. The summed E-state index contributed by atoms with van der Waals surface area (Å²) >= 11 is 0. The van der Waals surface area contributed by atoms with Gasteiger partial charge in [0.25, 0.3) is 0 Å². The van der Waals surface area contributed by atoms with Gasteiger partial charge in [-0.3, -0.25) is 0 Å². The van der Waals surface area contributed by atoms with Crippen molar-refractivity contribution in [3.05, 3.63) is 24.3 Å². The molecule has 0 radical (unpaired) electrons. The summed E-state index contributed by atoms with van der Waals surface area (Å²) in [6.07, 6.45) is 1.10. The molecule has 3 N–H and O–H groups in total. The number of para-hydroxylation sites is 1. The van der Waals surface area contributed by atoms with E-state index >= 15 is 0 Å². The van der Waals surface area contributed by atoms with E-state index in [4.69, 9.17) is 0 Å². The average Bonchev–Trinajstić information content (AvgIpc) is 2.37. The molecule has 0 bridgehead atoms. The van der Waals surface area contributed by atoms with Crippen molar-refractivity contribution in [3.63, 3.8) is 0 Å². The van der Waals surface area contributed by atoms with Gasteiger partial charge >= 0.3 is 0 Å². The number of anilines is 1. The molecule has 0 amide bonds. The molecule has 18 heavy (non-hydrogen) atoms. The Hall–Kier alpha value is -1.11. The van der Waals surface area contributed by atoms with Gasteiger partial charge in [0, 0.05) is 6.54 Å². The molecule has 1 unspecified atom stereocenters. The number of hydrogen-bond donors (Lipinski definition) is 3. The Labute approximate surface area is 108 Å². The first kappa shape index (κ1) is 14.9. The fourth-order valence-corrected chi connectivity index (χ4v) is 2.53. The van der Waals surface area contributed by atoms with Crippen LogP contribution in [0.3, 0.4) is 0 Å². The summed E-state index contributed by atoms with van der Waals surface area (Å²) < 4.78 is 25.8. The summed E-state index contributed by atoms with van der Waals surface area (Å²) in [5, 5.41) is 12.6. The summed E-state index contributed by atoms with van der Waals surface area (Å²) in [4.78, 5) is 0.191. The zero-order chi connectivity index (χ0) is 13.6. The van der Waals surface area contributed by atoms with Crippen LogP contribution in [0.15, 0.2) is 29.2 Å². The molecular weight excluding hydrogens is 252 g/mol. The van der Waals surface area contributed by atoms with E-state index in [0.717, 1.165) is 6.42 Å². The largest absolute Gasteiger partial charge is 0.391 e. The van der Waals surface area contributed by atoms with Crippen molar-refractivity contribution in [1.82, 2.24) is 4.72 Å². The van der Waals surface area contributed by atoms with Crippen molar-refractivity contribution in [2.24, 2.45) is 0 Å². The van der Waals surface area contributed by atoms with Crippen LogP contribution in [0.2, 0.25) is 0 Å². The Kier molecular flexibility index (Phi) is 5.58. The minimum Gasteiger partial charge on any atom is -0.391 e. The first-order chi connectivity index (χ1) is 8.51. The lowest BCUT2D eigenvalue weighted by Crippen LogP contribution is -2.23. The SMILES string of the molecule is CCCC(O)CNc1ccccc1S(=O)(=O)NC. The Morgan fingerprint density at radius 1 is 1.33 bits per heavy atom. The van der Waals surface area contributed by atoms with Crippen LogP contribution < -0.4 is 10.0 Å². The molecule has 1 atom stereocenters. The van der Waals surface area contributed by atoms with Gasteiger partial charge in [-0.15, -0.1) is 0 Å². The van der Waals surface area contributed by atoms with Crippen LogP contribution in [0.4, 0.5) is 5.69 Å². The van der Waals surface area contributed by atoms with Crippen molar-refractivity contribution in [1.29, 1.82) is 0 Å². The van der Waals surface area contributed by atoms with E-state index in [1.807, 2.05) is 6.92 Å². The third-order valence-corrected chi connectivity index (χ3v) is 4.07. The molecule has 0 saturated heterocycles. The fourth-order valence-electron chi connectivity index (χ4n) is 1.62. The van der Waals surface area contributed by atoms with Crippen LogP contribution in [0.1, 0.15) is 19.8 Å². The lowest BCUT2D eigenvalue weighted by Gasteiger charge is -2.14. The van der Waals surface area contributed by atoms with Crippen LogP contribution in [0, 0.1) is 0 Å². The van der Waals surface area contributed by atoms with Gasteiger partial charge < -0.3 is 10.4 Å². The van der Waals surface area contributed by atoms with E-state index in [-0.39, 0.29) is 4.90 Å². The highest BCUT2D eigenvalue weighted by Crippen LogP contribution is 2.20. The predicted molar refractivity (Wildman–Crippen MR) is 72.1 cm³/mol. The van der Waals surface area contributed by atoms with Crippen molar-refractivity contribution in [3.8, 4) is 0 Å². The molecule has 5 nitrogen and oxygen atoms in total. The second-order valence-electron chi connectivity index (χ2n) is 4.03. The van der Waals surface area contributed by atoms with Gasteiger partial charge in [0.2, 0.25) is 10.0 Å². The number of rotatable bonds is 7. The van der Waals surface area contributed by atoms with E-state index in [9.17, 15) is 13.5 Å². The van der Waals surface area contributed by atoms with Crippen LogP contribution in [0.25, 0.3) is 0 Å². The van der Waals surface area contributed by atoms with Gasteiger partial charge in [-0.25, -0.2) is 13.1 Å². The zero-order valence-corrected chi connectivity index (χ0v) is 11.5. The highest BCUT2D eigenvalue weighted by atomic mass is 32.2. The molecule has 0 heterocycles. The number of aliphatic hydroxyl groups is 1. The van der Waals surface area contributed by atoms with E-state index in [1.165, 1.54) is 13.1 Å². The van der Waals surface area contributed by atoms with Gasteiger partial charge in [-0.05, 0) is 25.6 Å². The average molecular weight is 272 g/mol. The summed E-state index contributed by atoms with van der Waals surface area (Å²) in [7, 11) is -2.11. The van der Waals surface area contributed by atoms with Crippen molar-refractivity contribution >= 4 is 15.7 Å². The van der Waals surface area contributed by atoms with Crippen molar-refractivity contribution < 1.29 is 13.5 Å². The second kappa shape index (κ2) is 6.72. The number of nitrogens with one attached hydrogen (secondary N) is 2. The molecule has 6 heteroatoms. The highest BCUT2D eigenvalue weighted by Gasteiger charge is 2.16. The molecule has 102 valence electrons. The Balaban J connectivity index is 2.84. The normalized spacial score (nSPS) is 13.3. The van der Waals surface area contributed by atoms with Gasteiger partial charge in [-0.1, -0.05) is 25.5 Å². The number of benzene rings is 1. The maximum absolute atomic E-state index is 11.8. The van der Waals surface area contributed by atoms with E-state index in [0.29, 0.717) is 18.7 Å². The second-order valence-corrected chi connectivity index (χ2v) is 5.88. The molecule has 0 fully saturated rings. The third kappa shape index (κ3) is 3.97. The molecule has 0 spiro atoms. The Morgan fingerprint density at radius 2 is 2.00 bits per heavy atom. The quantitative estimate of drug-likeness (QED) is 0.696. The van der Waals surface area contributed by atoms with Crippen molar-refractivity contribution in [2.45, 2.75) is 30.8 Å². The molecule has 1 aromatic carbocycles. The molecule has 0 aliphatic heterocycles. The lowest BCUT2D eigenvalue weighted by molar-refractivity contribution is 0.176. The molecule has 0 aromatic heterocycles. The number of hydrogen-bond acceptors (Lipinski definition) is 4. The third-order valence-electron chi connectivity index (χ3n) is 2.60. The van der Waals surface area contributed by atoms with Crippen molar-refractivity contribution in [2.75, 3.05) is 18.9 Å². The van der Waals surface area contributed by atoms with Crippen LogP contribution in [-0.2, 0) is 10.0 Å². The molecule has 0 aliphatic carbocycles.